The molecule has 1 atom stereocenters. The van der Waals surface area contributed by atoms with Crippen LogP contribution < -0.4 is 20.1 Å². The summed E-state index contributed by atoms with van der Waals surface area (Å²) in [6.07, 6.45) is -0.264. The second-order valence-corrected chi connectivity index (χ2v) is 5.81. The Morgan fingerprint density at radius 2 is 1.74 bits per heavy atom. The Morgan fingerprint density at radius 3 is 2.41 bits per heavy atom. The van der Waals surface area contributed by atoms with Crippen molar-refractivity contribution in [2.24, 2.45) is 0 Å². The zero-order valence-electron chi connectivity index (χ0n) is 15.6. The van der Waals surface area contributed by atoms with Crippen LogP contribution in [0.4, 0.5) is 5.69 Å². The van der Waals surface area contributed by atoms with Crippen molar-refractivity contribution in [2.45, 2.75) is 19.4 Å². The van der Waals surface area contributed by atoms with Crippen molar-refractivity contribution in [3.8, 4) is 11.5 Å². The van der Waals surface area contributed by atoms with E-state index in [1.807, 2.05) is 19.1 Å². The van der Waals surface area contributed by atoms with Gasteiger partial charge < -0.3 is 25.2 Å². The number of carbonyl (C=O) groups is 2. The molecule has 1 unspecified atom stereocenters. The van der Waals surface area contributed by atoms with Gasteiger partial charge in [-0.2, -0.15) is 0 Å². The highest BCUT2D eigenvalue weighted by molar-refractivity contribution is 6.39. The molecule has 0 aliphatic carbocycles. The molecule has 2 amide bonds. The second-order valence-electron chi connectivity index (χ2n) is 5.81. The molecule has 0 bridgehead atoms. The minimum Gasteiger partial charge on any atom is -0.493 e. The monoisotopic (exact) mass is 372 g/mol. The molecule has 7 nitrogen and oxygen atoms in total. The summed E-state index contributed by atoms with van der Waals surface area (Å²) in [5.74, 6) is -0.600. The molecule has 2 rings (SSSR count). The minimum atomic E-state index is -0.996. The number of rotatable bonds is 7. The highest BCUT2D eigenvalue weighted by Crippen LogP contribution is 2.29. The van der Waals surface area contributed by atoms with E-state index in [1.54, 1.807) is 30.3 Å². The van der Waals surface area contributed by atoms with Crippen molar-refractivity contribution < 1.29 is 24.2 Å². The van der Waals surface area contributed by atoms with Crippen LogP contribution in [0, 0.1) is 0 Å². The maximum atomic E-state index is 12.1. The summed E-state index contributed by atoms with van der Waals surface area (Å²) in [4.78, 5) is 24.1. The quantitative estimate of drug-likeness (QED) is 0.647. The molecule has 0 fully saturated rings. The first kappa shape index (κ1) is 20.3. The standard InChI is InChI=1S/C20H24N2O5/c1-4-13-7-5-6-8-15(13)22-20(25)19(24)21-12-16(23)14-9-10-17(26-2)18(11-14)27-3/h5-11,16,23H,4,12H2,1-3H3,(H,21,24)(H,22,25). The first-order valence-electron chi connectivity index (χ1n) is 8.57. The highest BCUT2D eigenvalue weighted by atomic mass is 16.5. The number of carbonyl (C=O) groups excluding carboxylic acids is 2. The zero-order valence-corrected chi connectivity index (χ0v) is 15.6. The van der Waals surface area contributed by atoms with Crippen LogP contribution in [0.2, 0.25) is 0 Å². The van der Waals surface area contributed by atoms with E-state index in [-0.39, 0.29) is 6.54 Å². The molecule has 0 aliphatic heterocycles. The average Bonchev–Trinajstić information content (AvgIpc) is 2.71. The van der Waals surface area contributed by atoms with Crippen molar-refractivity contribution in [3.05, 3.63) is 53.6 Å². The van der Waals surface area contributed by atoms with Crippen LogP contribution in [0.15, 0.2) is 42.5 Å². The predicted octanol–water partition coefficient (Wildman–Crippen LogP) is 2.05. The van der Waals surface area contributed by atoms with Crippen LogP contribution in [0.1, 0.15) is 24.2 Å². The Labute approximate surface area is 158 Å². The number of anilines is 1. The third-order valence-corrected chi connectivity index (χ3v) is 4.10. The van der Waals surface area contributed by atoms with E-state index in [4.69, 9.17) is 9.47 Å². The lowest BCUT2D eigenvalue weighted by Crippen LogP contribution is -2.37. The molecule has 7 heteroatoms. The van der Waals surface area contributed by atoms with Crippen molar-refractivity contribution >= 4 is 17.5 Å². The Morgan fingerprint density at radius 1 is 1.04 bits per heavy atom. The third-order valence-electron chi connectivity index (χ3n) is 4.10. The second kappa shape index (κ2) is 9.59. The molecule has 2 aromatic rings. The largest absolute Gasteiger partial charge is 0.493 e. The molecule has 2 aromatic carbocycles. The van der Waals surface area contributed by atoms with Crippen molar-refractivity contribution in [2.75, 3.05) is 26.1 Å². The summed E-state index contributed by atoms with van der Waals surface area (Å²) in [7, 11) is 3.01. The number of benzene rings is 2. The molecule has 0 radical (unpaired) electrons. The van der Waals surface area contributed by atoms with Crippen LogP contribution >= 0.6 is 0 Å². The highest BCUT2D eigenvalue weighted by Gasteiger charge is 2.18. The molecule has 27 heavy (non-hydrogen) atoms. The van der Waals surface area contributed by atoms with Gasteiger partial charge in [-0.25, -0.2) is 0 Å². The molecule has 0 heterocycles. The number of aryl methyl sites for hydroxylation is 1. The topological polar surface area (TPSA) is 96.9 Å². The van der Waals surface area contributed by atoms with Gasteiger partial charge >= 0.3 is 11.8 Å². The maximum Gasteiger partial charge on any atom is 0.313 e. The number of amides is 2. The third kappa shape index (κ3) is 5.21. The van der Waals surface area contributed by atoms with E-state index < -0.39 is 17.9 Å². The van der Waals surface area contributed by atoms with E-state index in [1.165, 1.54) is 14.2 Å². The fraction of sp³-hybridized carbons (Fsp3) is 0.300. The smallest absolute Gasteiger partial charge is 0.313 e. The lowest BCUT2D eigenvalue weighted by atomic mass is 10.1. The van der Waals surface area contributed by atoms with Crippen molar-refractivity contribution in [1.29, 1.82) is 0 Å². The summed E-state index contributed by atoms with van der Waals surface area (Å²) >= 11 is 0. The molecule has 0 aliphatic rings. The van der Waals surface area contributed by atoms with Gasteiger partial charge in [0, 0.05) is 12.2 Å². The summed E-state index contributed by atoms with van der Waals surface area (Å²) in [5.41, 5.74) is 2.06. The number of para-hydroxylation sites is 1. The van der Waals surface area contributed by atoms with E-state index in [0.29, 0.717) is 22.7 Å². The van der Waals surface area contributed by atoms with Crippen LogP contribution in [0.3, 0.4) is 0 Å². The van der Waals surface area contributed by atoms with Gasteiger partial charge in [0.25, 0.3) is 0 Å². The number of methoxy groups -OCH3 is 2. The van der Waals surface area contributed by atoms with Gasteiger partial charge in [-0.05, 0) is 35.7 Å². The minimum absolute atomic E-state index is 0.114. The zero-order chi connectivity index (χ0) is 19.8. The van der Waals surface area contributed by atoms with Gasteiger partial charge in [0.15, 0.2) is 11.5 Å². The predicted molar refractivity (Wildman–Crippen MR) is 102 cm³/mol. The van der Waals surface area contributed by atoms with E-state index in [9.17, 15) is 14.7 Å². The van der Waals surface area contributed by atoms with Crippen molar-refractivity contribution in [1.82, 2.24) is 5.32 Å². The molecule has 0 spiro atoms. The Hall–Kier alpha value is -3.06. The number of aliphatic hydroxyl groups excluding tert-OH is 1. The Bertz CT molecular complexity index is 807. The number of hydrogen-bond acceptors (Lipinski definition) is 5. The van der Waals surface area contributed by atoms with E-state index in [0.717, 1.165) is 12.0 Å². The summed E-state index contributed by atoms with van der Waals surface area (Å²) in [6.45, 7) is 1.85. The summed E-state index contributed by atoms with van der Waals surface area (Å²) in [5, 5.41) is 15.3. The maximum absolute atomic E-state index is 12.1. The lowest BCUT2D eigenvalue weighted by molar-refractivity contribution is -0.136. The molecule has 0 aromatic heterocycles. The average molecular weight is 372 g/mol. The number of ether oxygens (including phenoxy) is 2. The van der Waals surface area contributed by atoms with Crippen molar-refractivity contribution in [3.63, 3.8) is 0 Å². The number of nitrogens with one attached hydrogen (secondary N) is 2. The SMILES string of the molecule is CCc1ccccc1NC(=O)C(=O)NCC(O)c1ccc(OC)c(OC)c1. The molecule has 3 N–H and O–H groups in total. The van der Waals surface area contributed by atoms with Crippen LogP contribution in [0.5, 0.6) is 11.5 Å². The van der Waals surface area contributed by atoms with E-state index in [2.05, 4.69) is 10.6 Å². The fourth-order valence-corrected chi connectivity index (χ4v) is 2.58. The fourth-order valence-electron chi connectivity index (χ4n) is 2.58. The van der Waals surface area contributed by atoms with Gasteiger partial charge in [0.05, 0.1) is 20.3 Å². The van der Waals surface area contributed by atoms with Gasteiger partial charge in [-0.1, -0.05) is 31.2 Å². The van der Waals surface area contributed by atoms with Crippen LogP contribution in [0.25, 0.3) is 0 Å². The van der Waals surface area contributed by atoms with Gasteiger partial charge in [-0.15, -0.1) is 0 Å². The normalized spacial score (nSPS) is 11.4. The Kier molecular flexibility index (Phi) is 7.19. The molecular formula is C20H24N2O5. The Balaban J connectivity index is 1.95. The molecular weight excluding hydrogens is 348 g/mol. The molecule has 0 saturated carbocycles. The molecule has 0 saturated heterocycles. The van der Waals surface area contributed by atoms with E-state index >= 15 is 0 Å². The first-order valence-corrected chi connectivity index (χ1v) is 8.57. The van der Waals surface area contributed by atoms with Gasteiger partial charge in [-0.3, -0.25) is 9.59 Å². The van der Waals surface area contributed by atoms with Crippen LogP contribution in [-0.2, 0) is 16.0 Å². The number of hydrogen-bond donors (Lipinski definition) is 3. The van der Waals surface area contributed by atoms with Gasteiger partial charge in [0.2, 0.25) is 0 Å². The summed E-state index contributed by atoms with van der Waals surface area (Å²) < 4.78 is 10.3. The van der Waals surface area contributed by atoms with Crippen LogP contribution in [-0.4, -0.2) is 37.7 Å². The lowest BCUT2D eigenvalue weighted by Gasteiger charge is -2.15. The first-order chi connectivity index (χ1) is 13.0. The molecule has 144 valence electrons. The van der Waals surface area contributed by atoms with Gasteiger partial charge in [0.1, 0.15) is 0 Å². The number of aliphatic hydroxyl groups is 1. The summed E-state index contributed by atoms with van der Waals surface area (Å²) in [6, 6.07) is 12.2.